The van der Waals surface area contributed by atoms with E-state index in [9.17, 15) is 14.5 Å². The van der Waals surface area contributed by atoms with Crippen LogP contribution in [-0.2, 0) is 11.3 Å². The molecule has 3 aromatic rings. The fraction of sp³-hybridized carbons (Fsp3) is 0.190. The van der Waals surface area contributed by atoms with Crippen molar-refractivity contribution in [3.05, 3.63) is 82.3 Å². The highest BCUT2D eigenvalue weighted by molar-refractivity contribution is 5.65. The largest absolute Gasteiger partial charge is 0.443 e. The van der Waals surface area contributed by atoms with Gasteiger partial charge in [0.2, 0.25) is 0 Å². The van der Waals surface area contributed by atoms with Gasteiger partial charge in [-0.1, -0.05) is 48.6 Å². The fourth-order valence-electron chi connectivity index (χ4n) is 3.06. The fourth-order valence-corrected chi connectivity index (χ4v) is 3.06. The molecule has 0 bridgehead atoms. The molecule has 0 saturated heterocycles. The minimum atomic E-state index is -0.547. The number of fused-ring (bicyclic) bond motifs is 1. The van der Waals surface area contributed by atoms with Gasteiger partial charge < -0.3 is 19.6 Å². The summed E-state index contributed by atoms with van der Waals surface area (Å²) in [4.78, 5) is 14.0. The number of hydrogen-bond acceptors (Lipinski definition) is 5. The van der Waals surface area contributed by atoms with E-state index in [-0.39, 0.29) is 23.7 Å². The predicted molar refractivity (Wildman–Crippen MR) is 105 cm³/mol. The first-order valence-electron chi connectivity index (χ1n) is 9.07. The molecule has 4 rings (SSSR count). The maximum atomic E-state index is 13.0. The van der Waals surface area contributed by atoms with Gasteiger partial charge in [-0.3, -0.25) is 4.57 Å². The average molecular weight is 395 g/mol. The Kier molecular flexibility index (Phi) is 5.35. The van der Waals surface area contributed by atoms with Crippen LogP contribution >= 0.6 is 0 Å². The second-order valence-corrected chi connectivity index (χ2v) is 6.59. The van der Waals surface area contributed by atoms with Crippen molar-refractivity contribution in [3.63, 3.8) is 0 Å². The third-order valence-corrected chi connectivity index (χ3v) is 4.54. The number of ether oxygens (including phenoxy) is 2. The van der Waals surface area contributed by atoms with Crippen molar-refractivity contribution < 1.29 is 18.8 Å². The highest BCUT2D eigenvalue weighted by Crippen LogP contribution is 2.23. The quantitative estimate of drug-likeness (QED) is 0.464. The monoisotopic (exact) mass is 395 g/mol. The predicted octanol–water partition coefficient (Wildman–Crippen LogP) is 4.09. The van der Waals surface area contributed by atoms with E-state index in [1.54, 1.807) is 16.7 Å². The van der Waals surface area contributed by atoms with E-state index in [0.29, 0.717) is 19.8 Å². The zero-order valence-electron chi connectivity index (χ0n) is 15.4. The minimum absolute atomic E-state index is 0.207. The lowest BCUT2D eigenvalue weighted by Crippen LogP contribution is -2.32. The number of benzene rings is 2. The zero-order chi connectivity index (χ0) is 20.2. The third kappa shape index (κ3) is 4.49. The molecule has 0 spiro atoms. The first-order valence-corrected chi connectivity index (χ1v) is 9.07. The van der Waals surface area contributed by atoms with E-state index in [1.165, 1.54) is 18.3 Å². The topological polar surface area (TPSA) is 79.4 Å². The van der Waals surface area contributed by atoms with Crippen molar-refractivity contribution in [1.29, 1.82) is 0 Å². The molecule has 0 fully saturated rings. The van der Waals surface area contributed by atoms with Crippen LogP contribution in [0.2, 0.25) is 0 Å². The molecular weight excluding hydrogens is 377 g/mol. The number of nitro groups is 1. The Morgan fingerprint density at radius 1 is 1.21 bits per heavy atom. The van der Waals surface area contributed by atoms with Crippen molar-refractivity contribution in [2.45, 2.75) is 12.6 Å². The van der Waals surface area contributed by atoms with Gasteiger partial charge in [0.05, 0.1) is 13.2 Å². The van der Waals surface area contributed by atoms with Crippen LogP contribution in [0.3, 0.4) is 0 Å². The Hall–Kier alpha value is -3.52. The molecule has 0 amide bonds. The summed E-state index contributed by atoms with van der Waals surface area (Å²) in [5, 5.41) is 10.8. The van der Waals surface area contributed by atoms with Crippen LogP contribution in [0.1, 0.15) is 5.56 Å². The second kappa shape index (κ2) is 8.24. The van der Waals surface area contributed by atoms with Crippen molar-refractivity contribution in [2.24, 2.45) is 0 Å². The van der Waals surface area contributed by atoms with Gasteiger partial charge in [-0.15, -0.1) is 0 Å². The van der Waals surface area contributed by atoms with Crippen LogP contribution in [0.15, 0.2) is 60.8 Å². The summed E-state index contributed by atoms with van der Waals surface area (Å²) in [6.45, 7) is 1.14. The molecule has 2 heterocycles. The molecule has 8 heteroatoms. The molecule has 0 radical (unpaired) electrons. The van der Waals surface area contributed by atoms with Gasteiger partial charge >= 0.3 is 11.8 Å². The Labute approximate surface area is 166 Å². The normalized spacial score (nSPS) is 15.8. The first-order chi connectivity index (χ1) is 14.1. The van der Waals surface area contributed by atoms with E-state index < -0.39 is 4.92 Å². The lowest BCUT2D eigenvalue weighted by atomic mass is 10.0. The first kappa shape index (κ1) is 18.8. The number of rotatable bonds is 6. The second-order valence-electron chi connectivity index (χ2n) is 6.59. The average Bonchev–Trinajstić information content (AvgIpc) is 3.16. The van der Waals surface area contributed by atoms with Gasteiger partial charge in [0, 0.05) is 4.98 Å². The highest BCUT2D eigenvalue weighted by Gasteiger charge is 2.27. The maximum Gasteiger partial charge on any atom is 0.414 e. The van der Waals surface area contributed by atoms with Gasteiger partial charge in [-0.25, -0.2) is 4.39 Å². The molecule has 7 nitrogen and oxygen atoms in total. The molecule has 0 aliphatic carbocycles. The van der Waals surface area contributed by atoms with Crippen LogP contribution in [0, 0.1) is 15.9 Å². The summed E-state index contributed by atoms with van der Waals surface area (Å²) in [5.74, 6) is -0.483. The molecule has 1 atom stereocenters. The lowest BCUT2D eigenvalue weighted by Gasteiger charge is -2.21. The minimum Gasteiger partial charge on any atom is -0.443 e. The van der Waals surface area contributed by atoms with E-state index >= 15 is 0 Å². The number of halogens is 1. The molecule has 1 aromatic heterocycles. The van der Waals surface area contributed by atoms with Crippen LogP contribution in [-0.4, -0.2) is 33.8 Å². The summed E-state index contributed by atoms with van der Waals surface area (Å²) in [5.41, 5.74) is 3.00. The molecular formula is C21H18FN3O4. The molecule has 0 N–H and O–H groups in total. The van der Waals surface area contributed by atoms with Crippen LogP contribution < -0.4 is 4.74 Å². The van der Waals surface area contributed by atoms with E-state index in [2.05, 4.69) is 4.98 Å². The Morgan fingerprint density at radius 2 is 1.90 bits per heavy atom. The molecule has 0 unspecified atom stereocenters. The van der Waals surface area contributed by atoms with Gasteiger partial charge in [0.25, 0.3) is 0 Å². The lowest BCUT2D eigenvalue weighted by molar-refractivity contribution is -0.389. The molecule has 0 saturated carbocycles. The van der Waals surface area contributed by atoms with Gasteiger partial charge in [-0.05, 0) is 33.7 Å². The maximum absolute atomic E-state index is 13.0. The van der Waals surface area contributed by atoms with Crippen LogP contribution in [0.4, 0.5) is 10.2 Å². The zero-order valence-corrected chi connectivity index (χ0v) is 15.4. The van der Waals surface area contributed by atoms with Crippen LogP contribution in [0.5, 0.6) is 6.01 Å². The third-order valence-electron chi connectivity index (χ3n) is 4.54. The molecule has 2 aromatic carbocycles. The summed E-state index contributed by atoms with van der Waals surface area (Å²) in [7, 11) is 0. The Morgan fingerprint density at radius 3 is 2.59 bits per heavy atom. The van der Waals surface area contributed by atoms with E-state index in [1.807, 2.05) is 36.4 Å². The Bertz CT molecular complexity index is 1030. The SMILES string of the molecule is O=[N+]([O-])c1cn2c(n1)OC[C@@H](OC/C=C/c1ccc(-c3ccc(F)cc3)cc1)C2. The van der Waals surface area contributed by atoms with Gasteiger partial charge in [-0.2, -0.15) is 0 Å². The van der Waals surface area contributed by atoms with E-state index in [0.717, 1.165) is 16.7 Å². The summed E-state index contributed by atoms with van der Waals surface area (Å²) in [6, 6.07) is 14.6. The summed E-state index contributed by atoms with van der Waals surface area (Å²) in [6.07, 6.45) is 5.00. The molecule has 1 aliphatic rings. The highest BCUT2D eigenvalue weighted by atomic mass is 19.1. The van der Waals surface area contributed by atoms with Crippen molar-refractivity contribution in [3.8, 4) is 17.1 Å². The molecule has 148 valence electrons. The number of nitrogens with zero attached hydrogens (tertiary/aromatic N) is 3. The molecule has 29 heavy (non-hydrogen) atoms. The van der Waals surface area contributed by atoms with Crippen LogP contribution in [0.25, 0.3) is 17.2 Å². The smallest absolute Gasteiger partial charge is 0.414 e. The van der Waals surface area contributed by atoms with Gasteiger partial charge in [0.1, 0.15) is 24.7 Å². The standard InChI is InChI=1S/C21H18FN3O4/c22-18-9-7-17(8-10-18)16-5-3-15(4-6-16)2-1-11-28-19-12-24-13-20(25(26)27)23-21(24)29-14-19/h1-10,13,19H,11-12,14H2/b2-1+/t19-/m0/s1. The van der Waals surface area contributed by atoms with Crippen molar-refractivity contribution in [1.82, 2.24) is 9.55 Å². The van der Waals surface area contributed by atoms with Gasteiger partial charge in [0.15, 0.2) is 0 Å². The summed E-state index contributed by atoms with van der Waals surface area (Å²) < 4.78 is 25.8. The number of hydrogen-bond donors (Lipinski definition) is 0. The Balaban J connectivity index is 1.29. The molecule has 1 aliphatic heterocycles. The summed E-state index contributed by atoms with van der Waals surface area (Å²) >= 11 is 0. The van der Waals surface area contributed by atoms with Crippen molar-refractivity contribution >= 4 is 11.9 Å². The van der Waals surface area contributed by atoms with Crippen molar-refractivity contribution in [2.75, 3.05) is 13.2 Å². The number of aromatic nitrogens is 2. The number of imidazole rings is 1. The van der Waals surface area contributed by atoms with E-state index in [4.69, 9.17) is 9.47 Å².